The summed E-state index contributed by atoms with van der Waals surface area (Å²) in [5.74, 6) is 0.832. The highest BCUT2D eigenvalue weighted by molar-refractivity contribution is 6.31. The van der Waals surface area contributed by atoms with Crippen LogP contribution in [0.1, 0.15) is 38.2 Å². The van der Waals surface area contributed by atoms with Crippen molar-refractivity contribution in [2.45, 2.75) is 39.2 Å². The lowest BCUT2D eigenvalue weighted by Gasteiger charge is -2.08. The Bertz CT molecular complexity index is 315. The van der Waals surface area contributed by atoms with Gasteiger partial charge in [0.05, 0.1) is 6.61 Å². The Balaban J connectivity index is 2.34. The average molecular weight is 242 g/mol. The van der Waals surface area contributed by atoms with Gasteiger partial charge in [-0.3, -0.25) is 0 Å². The summed E-state index contributed by atoms with van der Waals surface area (Å²) in [7, 11) is 0. The first kappa shape index (κ1) is 13.3. The molecule has 90 valence electrons. The Hall–Kier alpha value is -0.730. The normalized spacial score (nSPS) is 10.4. The van der Waals surface area contributed by atoms with Gasteiger partial charge in [-0.1, -0.05) is 43.9 Å². The van der Waals surface area contributed by atoms with Gasteiger partial charge in [0.2, 0.25) is 0 Å². The zero-order valence-corrected chi connectivity index (χ0v) is 10.6. The maximum Gasteiger partial charge on any atom is 0.120 e. The third-order valence-corrected chi connectivity index (χ3v) is 2.86. The summed E-state index contributed by atoms with van der Waals surface area (Å²) in [6.07, 6.45) is 4.85. The average Bonchev–Trinajstić information content (AvgIpc) is 2.29. The number of benzene rings is 1. The molecule has 0 saturated heterocycles. The smallest absolute Gasteiger partial charge is 0.120 e. The molecule has 0 heterocycles. The van der Waals surface area contributed by atoms with E-state index in [1.54, 1.807) is 0 Å². The molecule has 0 aliphatic carbocycles. The summed E-state index contributed by atoms with van der Waals surface area (Å²) in [4.78, 5) is 0. The second-order valence-electron chi connectivity index (χ2n) is 3.87. The quantitative estimate of drug-likeness (QED) is 0.738. The summed E-state index contributed by atoms with van der Waals surface area (Å²) < 4.78 is 5.61. The number of nitrogens with two attached hydrogens (primary N) is 1. The molecule has 0 aromatic heterocycles. The Morgan fingerprint density at radius 1 is 1.25 bits per heavy atom. The van der Waals surface area contributed by atoms with Crippen LogP contribution in [0.25, 0.3) is 0 Å². The Morgan fingerprint density at radius 2 is 2.06 bits per heavy atom. The van der Waals surface area contributed by atoms with E-state index < -0.39 is 0 Å². The van der Waals surface area contributed by atoms with Crippen LogP contribution in [0.4, 0.5) is 0 Å². The van der Waals surface area contributed by atoms with E-state index in [0.29, 0.717) is 11.6 Å². The van der Waals surface area contributed by atoms with Gasteiger partial charge in [0.15, 0.2) is 0 Å². The molecule has 1 aromatic rings. The monoisotopic (exact) mass is 241 g/mol. The molecule has 0 amide bonds. The summed E-state index contributed by atoms with van der Waals surface area (Å²) in [6.45, 7) is 3.43. The molecule has 16 heavy (non-hydrogen) atoms. The summed E-state index contributed by atoms with van der Waals surface area (Å²) in [6, 6.07) is 5.68. The van der Waals surface area contributed by atoms with Gasteiger partial charge in [-0.15, -0.1) is 0 Å². The molecule has 2 nitrogen and oxygen atoms in total. The van der Waals surface area contributed by atoms with Crippen molar-refractivity contribution in [2.24, 2.45) is 5.73 Å². The van der Waals surface area contributed by atoms with Crippen LogP contribution in [-0.2, 0) is 6.54 Å². The van der Waals surface area contributed by atoms with Crippen LogP contribution in [0.5, 0.6) is 5.75 Å². The zero-order chi connectivity index (χ0) is 11.8. The molecule has 1 aromatic carbocycles. The molecule has 0 atom stereocenters. The van der Waals surface area contributed by atoms with Gasteiger partial charge in [-0.25, -0.2) is 0 Å². The molecule has 0 bridgehead atoms. The number of halogens is 1. The fourth-order valence-corrected chi connectivity index (χ4v) is 1.75. The second-order valence-corrected chi connectivity index (χ2v) is 4.27. The number of hydrogen-bond donors (Lipinski definition) is 1. The third kappa shape index (κ3) is 4.42. The van der Waals surface area contributed by atoms with Crippen LogP contribution in [0.3, 0.4) is 0 Å². The molecule has 0 unspecified atom stereocenters. The Kier molecular flexibility index (Phi) is 6.27. The van der Waals surface area contributed by atoms with Crippen LogP contribution >= 0.6 is 11.6 Å². The van der Waals surface area contributed by atoms with E-state index in [4.69, 9.17) is 22.1 Å². The third-order valence-electron chi connectivity index (χ3n) is 2.51. The van der Waals surface area contributed by atoms with Gasteiger partial charge in [0, 0.05) is 11.6 Å². The van der Waals surface area contributed by atoms with Crippen LogP contribution in [0.15, 0.2) is 18.2 Å². The Morgan fingerprint density at radius 3 is 2.69 bits per heavy atom. The highest BCUT2D eigenvalue weighted by Crippen LogP contribution is 2.22. The lowest BCUT2D eigenvalue weighted by atomic mass is 10.2. The van der Waals surface area contributed by atoms with E-state index in [1.807, 2.05) is 18.2 Å². The lowest BCUT2D eigenvalue weighted by Crippen LogP contribution is -2.00. The minimum absolute atomic E-state index is 0.468. The summed E-state index contributed by atoms with van der Waals surface area (Å²) >= 11 is 6.03. The van der Waals surface area contributed by atoms with Crippen molar-refractivity contribution >= 4 is 11.6 Å². The minimum Gasteiger partial charge on any atom is -0.494 e. The minimum atomic E-state index is 0.468. The molecular formula is C13H20ClNO. The van der Waals surface area contributed by atoms with Crippen LogP contribution in [-0.4, -0.2) is 6.61 Å². The molecule has 2 N–H and O–H groups in total. The number of rotatable bonds is 7. The van der Waals surface area contributed by atoms with E-state index in [2.05, 4.69) is 6.92 Å². The van der Waals surface area contributed by atoms with E-state index >= 15 is 0 Å². The summed E-state index contributed by atoms with van der Waals surface area (Å²) in [5.41, 5.74) is 6.49. The molecule has 0 fully saturated rings. The van der Waals surface area contributed by atoms with Gasteiger partial charge >= 0.3 is 0 Å². The number of ether oxygens (including phenoxy) is 1. The molecule has 3 heteroatoms. The fourth-order valence-electron chi connectivity index (χ4n) is 1.50. The first-order valence-electron chi connectivity index (χ1n) is 5.89. The lowest BCUT2D eigenvalue weighted by molar-refractivity contribution is 0.305. The van der Waals surface area contributed by atoms with Gasteiger partial charge in [-0.05, 0) is 24.1 Å². The van der Waals surface area contributed by atoms with Crippen molar-refractivity contribution in [3.63, 3.8) is 0 Å². The highest BCUT2D eigenvalue weighted by Gasteiger charge is 2.00. The fraction of sp³-hybridized carbons (Fsp3) is 0.538. The van der Waals surface area contributed by atoms with Crippen molar-refractivity contribution in [1.82, 2.24) is 0 Å². The van der Waals surface area contributed by atoms with Crippen molar-refractivity contribution in [3.05, 3.63) is 28.8 Å². The van der Waals surface area contributed by atoms with Crippen LogP contribution in [0.2, 0.25) is 5.02 Å². The molecular weight excluding hydrogens is 222 g/mol. The van der Waals surface area contributed by atoms with Crippen molar-refractivity contribution < 1.29 is 4.74 Å². The predicted molar refractivity (Wildman–Crippen MR) is 69.0 cm³/mol. The van der Waals surface area contributed by atoms with E-state index in [0.717, 1.165) is 24.3 Å². The van der Waals surface area contributed by atoms with Crippen molar-refractivity contribution in [2.75, 3.05) is 6.61 Å². The maximum atomic E-state index is 6.03. The Labute approximate surface area is 103 Å². The first-order chi connectivity index (χ1) is 7.77. The van der Waals surface area contributed by atoms with Gasteiger partial charge in [0.1, 0.15) is 5.75 Å². The van der Waals surface area contributed by atoms with E-state index in [-0.39, 0.29) is 0 Å². The predicted octanol–water partition coefficient (Wildman–Crippen LogP) is 3.76. The highest BCUT2D eigenvalue weighted by atomic mass is 35.5. The van der Waals surface area contributed by atoms with Crippen LogP contribution < -0.4 is 10.5 Å². The zero-order valence-electron chi connectivity index (χ0n) is 9.84. The molecule has 0 radical (unpaired) electrons. The summed E-state index contributed by atoms with van der Waals surface area (Å²) in [5, 5.41) is 0.688. The van der Waals surface area contributed by atoms with Crippen molar-refractivity contribution in [1.29, 1.82) is 0 Å². The molecule has 0 aliphatic rings. The van der Waals surface area contributed by atoms with Gasteiger partial charge < -0.3 is 10.5 Å². The maximum absolute atomic E-state index is 6.03. The largest absolute Gasteiger partial charge is 0.494 e. The number of hydrogen-bond acceptors (Lipinski definition) is 2. The SMILES string of the molecule is CCCCCCOc1ccc(CN)c(Cl)c1. The molecule has 0 spiro atoms. The van der Waals surface area contributed by atoms with Crippen molar-refractivity contribution in [3.8, 4) is 5.75 Å². The van der Waals surface area contributed by atoms with E-state index in [1.165, 1.54) is 19.3 Å². The topological polar surface area (TPSA) is 35.2 Å². The standard InChI is InChI=1S/C13H20ClNO/c1-2-3-4-5-8-16-12-7-6-11(10-15)13(14)9-12/h6-7,9H,2-5,8,10,15H2,1H3. The second kappa shape index (κ2) is 7.53. The molecule has 0 aliphatic heterocycles. The van der Waals surface area contributed by atoms with Gasteiger partial charge in [-0.2, -0.15) is 0 Å². The first-order valence-corrected chi connectivity index (χ1v) is 6.27. The van der Waals surface area contributed by atoms with Crippen LogP contribution in [0, 0.1) is 0 Å². The van der Waals surface area contributed by atoms with E-state index in [9.17, 15) is 0 Å². The van der Waals surface area contributed by atoms with Gasteiger partial charge in [0.25, 0.3) is 0 Å². The molecule has 1 rings (SSSR count). The molecule has 0 saturated carbocycles. The number of unbranched alkanes of at least 4 members (excludes halogenated alkanes) is 3.